The van der Waals surface area contributed by atoms with Crippen LogP contribution >= 0.6 is 12.0 Å². The molecule has 0 amide bonds. The lowest BCUT2D eigenvalue weighted by Crippen LogP contribution is -2.07. The minimum absolute atomic E-state index is 0.0148. The number of hydrogen-bond donors (Lipinski definition) is 0. The van der Waals surface area contributed by atoms with E-state index in [0.29, 0.717) is 6.47 Å². The average molecular weight is 134 g/mol. The van der Waals surface area contributed by atoms with Crippen molar-refractivity contribution in [2.24, 2.45) is 0 Å². The highest BCUT2D eigenvalue weighted by molar-refractivity contribution is 7.96. The molecule has 3 heteroatoms. The van der Waals surface area contributed by atoms with Gasteiger partial charge in [0.1, 0.15) is 0 Å². The first-order chi connectivity index (χ1) is 3.56. The lowest BCUT2D eigenvalue weighted by atomic mass is 10.3. The zero-order valence-electron chi connectivity index (χ0n) is 5.30. The fourth-order valence-corrected chi connectivity index (χ4v) is 0.492. The van der Waals surface area contributed by atoms with E-state index in [0.717, 1.165) is 0 Å². The quantitative estimate of drug-likeness (QED) is 0.424. The highest BCUT2D eigenvalue weighted by atomic mass is 32.2. The van der Waals surface area contributed by atoms with Crippen molar-refractivity contribution < 1.29 is 8.98 Å². The van der Waals surface area contributed by atoms with Crippen molar-refractivity contribution in [1.29, 1.82) is 0 Å². The first-order valence-corrected chi connectivity index (χ1v) is 3.08. The molecule has 0 heterocycles. The Bertz CT molecular complexity index is 75.0. The van der Waals surface area contributed by atoms with Gasteiger partial charge in [-0.1, -0.05) is 0 Å². The Morgan fingerprint density at radius 3 is 2.12 bits per heavy atom. The van der Waals surface area contributed by atoms with Crippen molar-refractivity contribution in [3.8, 4) is 0 Å². The number of carbonyl (C=O) groups is 1. The largest absolute Gasteiger partial charge is 0.393 e. The number of rotatable bonds is 2. The second-order valence-corrected chi connectivity index (χ2v) is 3.97. The van der Waals surface area contributed by atoms with Crippen LogP contribution in [0.15, 0.2) is 0 Å². The van der Waals surface area contributed by atoms with Crippen LogP contribution in [0.4, 0.5) is 0 Å². The first-order valence-electron chi connectivity index (χ1n) is 2.34. The molecule has 0 atom stereocenters. The summed E-state index contributed by atoms with van der Waals surface area (Å²) in [6.45, 7) is 6.36. The Morgan fingerprint density at radius 1 is 1.50 bits per heavy atom. The first kappa shape index (κ1) is 7.82. The standard InChI is InChI=1S/C5H10O2S/c1-5(2,3)8-7-4-6/h4H,1-3H3. The second kappa shape index (κ2) is 2.97. The van der Waals surface area contributed by atoms with Crippen molar-refractivity contribution in [2.45, 2.75) is 25.5 Å². The zero-order chi connectivity index (χ0) is 6.62. The van der Waals surface area contributed by atoms with Crippen molar-refractivity contribution in [2.75, 3.05) is 0 Å². The van der Waals surface area contributed by atoms with Gasteiger partial charge in [0.15, 0.2) is 0 Å². The molecule has 0 aromatic carbocycles. The van der Waals surface area contributed by atoms with E-state index in [1.807, 2.05) is 20.8 Å². The summed E-state index contributed by atoms with van der Waals surface area (Å²) < 4.78 is 4.45. The fourth-order valence-electron chi connectivity index (χ4n) is 0.164. The summed E-state index contributed by atoms with van der Waals surface area (Å²) >= 11 is 1.17. The molecule has 0 rings (SSSR count). The predicted octanol–water partition coefficient (Wildman–Crippen LogP) is 1.61. The number of hydrogen-bond acceptors (Lipinski definition) is 3. The summed E-state index contributed by atoms with van der Waals surface area (Å²) in [5.41, 5.74) is 0. The molecule has 0 unspecified atom stereocenters. The van der Waals surface area contributed by atoms with E-state index in [4.69, 9.17) is 0 Å². The summed E-state index contributed by atoms with van der Waals surface area (Å²) in [6, 6.07) is 0. The summed E-state index contributed by atoms with van der Waals surface area (Å²) in [5, 5.41) is 0. The molecule has 0 aliphatic rings. The Morgan fingerprint density at radius 2 is 2.00 bits per heavy atom. The van der Waals surface area contributed by atoms with Gasteiger partial charge in [-0.15, -0.1) is 0 Å². The third-order valence-electron chi connectivity index (χ3n) is 0.337. The van der Waals surface area contributed by atoms with Crippen LogP contribution in [0, 0.1) is 0 Å². The number of carbonyl (C=O) groups excluding carboxylic acids is 1. The zero-order valence-corrected chi connectivity index (χ0v) is 6.12. The topological polar surface area (TPSA) is 26.3 Å². The van der Waals surface area contributed by atoms with Gasteiger partial charge in [-0.25, -0.2) is 0 Å². The summed E-state index contributed by atoms with van der Waals surface area (Å²) in [7, 11) is 0. The summed E-state index contributed by atoms with van der Waals surface area (Å²) in [6.07, 6.45) is 0. The SMILES string of the molecule is CC(C)(C)SOC=O. The highest BCUT2D eigenvalue weighted by Crippen LogP contribution is 2.22. The smallest absolute Gasteiger partial charge is 0.305 e. The van der Waals surface area contributed by atoms with Crippen LogP contribution in [-0.2, 0) is 8.98 Å². The lowest BCUT2D eigenvalue weighted by Gasteiger charge is -2.12. The Labute approximate surface area is 53.8 Å². The van der Waals surface area contributed by atoms with Crippen LogP contribution in [0.3, 0.4) is 0 Å². The normalized spacial score (nSPS) is 10.9. The summed E-state index contributed by atoms with van der Waals surface area (Å²) in [5.74, 6) is 0. The predicted molar refractivity (Wildman–Crippen MR) is 34.5 cm³/mol. The molecule has 0 radical (unpaired) electrons. The Kier molecular flexibility index (Phi) is 2.90. The molecule has 8 heavy (non-hydrogen) atoms. The molecule has 0 N–H and O–H groups in total. The van der Waals surface area contributed by atoms with Crippen LogP contribution < -0.4 is 0 Å². The van der Waals surface area contributed by atoms with Crippen LogP contribution in [0.25, 0.3) is 0 Å². The molecule has 48 valence electrons. The van der Waals surface area contributed by atoms with Gasteiger partial charge in [-0.3, -0.25) is 4.79 Å². The van der Waals surface area contributed by atoms with Gasteiger partial charge >= 0.3 is 6.47 Å². The Balaban J connectivity index is 3.24. The second-order valence-electron chi connectivity index (χ2n) is 2.39. The van der Waals surface area contributed by atoms with E-state index < -0.39 is 0 Å². The molecule has 0 bridgehead atoms. The lowest BCUT2D eigenvalue weighted by molar-refractivity contribution is -0.119. The van der Waals surface area contributed by atoms with Crippen LogP contribution in [-0.4, -0.2) is 11.2 Å². The maximum atomic E-state index is 9.61. The van der Waals surface area contributed by atoms with Gasteiger partial charge in [0.2, 0.25) is 0 Å². The summed E-state index contributed by atoms with van der Waals surface area (Å²) in [4.78, 5) is 9.61. The van der Waals surface area contributed by atoms with E-state index in [9.17, 15) is 4.79 Å². The minimum atomic E-state index is 0.0148. The Hall–Kier alpha value is -0.180. The molecule has 0 aromatic rings. The van der Waals surface area contributed by atoms with Crippen LogP contribution in [0.1, 0.15) is 20.8 Å². The molecule has 0 saturated carbocycles. The maximum Gasteiger partial charge on any atom is 0.305 e. The third-order valence-corrected chi connectivity index (χ3v) is 1.01. The minimum Gasteiger partial charge on any atom is -0.393 e. The van der Waals surface area contributed by atoms with Gasteiger partial charge < -0.3 is 4.18 Å². The van der Waals surface area contributed by atoms with Gasteiger partial charge in [0.05, 0.1) is 12.0 Å². The van der Waals surface area contributed by atoms with E-state index in [-0.39, 0.29) is 4.75 Å². The van der Waals surface area contributed by atoms with E-state index in [2.05, 4.69) is 4.18 Å². The highest BCUT2D eigenvalue weighted by Gasteiger charge is 2.11. The van der Waals surface area contributed by atoms with Gasteiger partial charge in [-0.2, -0.15) is 0 Å². The molecule has 0 aliphatic carbocycles. The molecule has 2 nitrogen and oxygen atoms in total. The molecule has 0 spiro atoms. The van der Waals surface area contributed by atoms with Crippen LogP contribution in [0.2, 0.25) is 0 Å². The van der Waals surface area contributed by atoms with Gasteiger partial charge in [0, 0.05) is 4.75 Å². The molecule has 0 aromatic heterocycles. The molecule has 0 aliphatic heterocycles. The monoisotopic (exact) mass is 134 g/mol. The van der Waals surface area contributed by atoms with Crippen molar-refractivity contribution in [3.63, 3.8) is 0 Å². The van der Waals surface area contributed by atoms with E-state index in [1.165, 1.54) is 12.0 Å². The molecule has 0 saturated heterocycles. The van der Waals surface area contributed by atoms with Crippen molar-refractivity contribution in [1.82, 2.24) is 0 Å². The molecule has 0 fully saturated rings. The van der Waals surface area contributed by atoms with E-state index >= 15 is 0 Å². The van der Waals surface area contributed by atoms with Crippen molar-refractivity contribution >= 4 is 18.5 Å². The van der Waals surface area contributed by atoms with Gasteiger partial charge in [0.25, 0.3) is 0 Å². The van der Waals surface area contributed by atoms with E-state index in [1.54, 1.807) is 0 Å². The molecular weight excluding hydrogens is 124 g/mol. The molecular formula is C5H10O2S. The van der Waals surface area contributed by atoms with Crippen LogP contribution in [0.5, 0.6) is 0 Å². The fraction of sp³-hybridized carbons (Fsp3) is 0.800. The van der Waals surface area contributed by atoms with Gasteiger partial charge in [-0.05, 0) is 20.8 Å². The average Bonchev–Trinajstić information content (AvgIpc) is 1.59. The van der Waals surface area contributed by atoms with Crippen molar-refractivity contribution in [3.05, 3.63) is 0 Å². The maximum absolute atomic E-state index is 9.61. The third kappa shape index (κ3) is 5.82.